The van der Waals surface area contributed by atoms with Gasteiger partial charge in [0.15, 0.2) is 0 Å². The Labute approximate surface area is 176 Å². The molecule has 156 valence electrons. The predicted molar refractivity (Wildman–Crippen MR) is 110 cm³/mol. The van der Waals surface area contributed by atoms with E-state index in [4.69, 9.17) is 16.3 Å². The maximum absolute atomic E-state index is 13.8. The standard InChI is InChI=1S/C20H15ClF2N2O4S/c1-29-18-9-7-15(24-20(26)16-10-13(22)4-8-17(16)23)11-19(18)30(27,28)25-14-5-2-12(21)3-6-14/h2-11,25H,1H3,(H,24,26). The summed E-state index contributed by atoms with van der Waals surface area (Å²) >= 11 is 5.80. The van der Waals surface area contributed by atoms with Crippen molar-refractivity contribution in [3.8, 4) is 5.75 Å². The van der Waals surface area contributed by atoms with Crippen molar-refractivity contribution in [1.82, 2.24) is 0 Å². The zero-order valence-electron chi connectivity index (χ0n) is 15.4. The molecule has 0 spiro atoms. The molecule has 6 nitrogen and oxygen atoms in total. The lowest BCUT2D eigenvalue weighted by Crippen LogP contribution is -2.17. The molecule has 1 amide bonds. The van der Waals surface area contributed by atoms with Crippen molar-refractivity contribution in [2.24, 2.45) is 0 Å². The molecule has 0 unspecified atom stereocenters. The second-order valence-electron chi connectivity index (χ2n) is 6.06. The summed E-state index contributed by atoms with van der Waals surface area (Å²) in [6.45, 7) is 0. The van der Waals surface area contributed by atoms with Crippen LogP contribution in [0, 0.1) is 11.6 Å². The quantitative estimate of drug-likeness (QED) is 0.568. The Morgan fingerprint density at radius 3 is 2.30 bits per heavy atom. The third-order valence-corrected chi connectivity index (χ3v) is 5.63. The summed E-state index contributed by atoms with van der Waals surface area (Å²) in [6.07, 6.45) is 0. The first-order valence-corrected chi connectivity index (χ1v) is 10.3. The number of anilines is 2. The van der Waals surface area contributed by atoms with Gasteiger partial charge < -0.3 is 10.1 Å². The summed E-state index contributed by atoms with van der Waals surface area (Å²) in [5.41, 5.74) is -0.215. The average Bonchev–Trinajstić information content (AvgIpc) is 2.71. The van der Waals surface area contributed by atoms with E-state index in [1.165, 1.54) is 43.5 Å². The summed E-state index contributed by atoms with van der Waals surface area (Å²) in [6, 6.07) is 12.3. The van der Waals surface area contributed by atoms with Crippen molar-refractivity contribution in [3.05, 3.63) is 82.9 Å². The molecule has 3 rings (SSSR count). The van der Waals surface area contributed by atoms with Crippen LogP contribution in [0.4, 0.5) is 20.2 Å². The molecule has 0 heterocycles. The van der Waals surface area contributed by atoms with Gasteiger partial charge >= 0.3 is 0 Å². The van der Waals surface area contributed by atoms with Crippen LogP contribution >= 0.6 is 11.6 Å². The van der Waals surface area contributed by atoms with E-state index in [0.29, 0.717) is 5.02 Å². The Morgan fingerprint density at radius 2 is 1.63 bits per heavy atom. The molecule has 0 aromatic heterocycles. The molecule has 0 saturated heterocycles. The van der Waals surface area contributed by atoms with Gasteiger partial charge in [0.1, 0.15) is 22.3 Å². The molecule has 2 N–H and O–H groups in total. The molecule has 0 bridgehead atoms. The second-order valence-corrected chi connectivity index (χ2v) is 8.14. The SMILES string of the molecule is COc1ccc(NC(=O)c2cc(F)ccc2F)cc1S(=O)(=O)Nc1ccc(Cl)cc1. The topological polar surface area (TPSA) is 84.5 Å². The number of hydrogen-bond acceptors (Lipinski definition) is 4. The molecule has 0 aliphatic rings. The van der Waals surface area contributed by atoms with Crippen molar-refractivity contribution < 1.29 is 26.7 Å². The predicted octanol–water partition coefficient (Wildman–Crippen LogP) is 4.68. The van der Waals surface area contributed by atoms with Gasteiger partial charge in [-0.15, -0.1) is 0 Å². The van der Waals surface area contributed by atoms with E-state index >= 15 is 0 Å². The summed E-state index contributed by atoms with van der Waals surface area (Å²) < 4.78 is 60.3. The number of sulfonamides is 1. The van der Waals surface area contributed by atoms with Gasteiger partial charge in [-0.3, -0.25) is 9.52 Å². The van der Waals surface area contributed by atoms with E-state index in [1.54, 1.807) is 0 Å². The van der Waals surface area contributed by atoms with Gasteiger partial charge in [0.05, 0.1) is 12.7 Å². The first-order chi connectivity index (χ1) is 14.2. The zero-order chi connectivity index (χ0) is 21.9. The number of rotatable bonds is 6. The van der Waals surface area contributed by atoms with Gasteiger partial charge in [0.2, 0.25) is 0 Å². The van der Waals surface area contributed by atoms with Gasteiger partial charge in [0.25, 0.3) is 15.9 Å². The minimum Gasteiger partial charge on any atom is -0.495 e. The fourth-order valence-electron chi connectivity index (χ4n) is 2.56. The van der Waals surface area contributed by atoms with Crippen molar-refractivity contribution >= 4 is 38.9 Å². The van der Waals surface area contributed by atoms with Crippen LogP contribution in [0.15, 0.2) is 65.6 Å². The largest absolute Gasteiger partial charge is 0.495 e. The lowest BCUT2D eigenvalue weighted by atomic mass is 10.2. The Kier molecular flexibility index (Phi) is 6.23. The Morgan fingerprint density at radius 1 is 0.967 bits per heavy atom. The maximum atomic E-state index is 13.8. The molecule has 10 heteroatoms. The number of amides is 1. The van der Waals surface area contributed by atoms with Crippen LogP contribution in [-0.4, -0.2) is 21.4 Å². The highest BCUT2D eigenvalue weighted by molar-refractivity contribution is 7.92. The molecule has 0 atom stereocenters. The molecular weight excluding hydrogens is 438 g/mol. The highest BCUT2D eigenvalue weighted by Gasteiger charge is 2.22. The number of carbonyl (C=O) groups is 1. The number of nitrogens with one attached hydrogen (secondary N) is 2. The van der Waals surface area contributed by atoms with Gasteiger partial charge in [-0.25, -0.2) is 17.2 Å². The van der Waals surface area contributed by atoms with E-state index in [9.17, 15) is 22.0 Å². The van der Waals surface area contributed by atoms with Crippen molar-refractivity contribution in [3.63, 3.8) is 0 Å². The minimum atomic E-state index is -4.11. The normalized spacial score (nSPS) is 11.1. The molecule has 3 aromatic carbocycles. The third kappa shape index (κ3) is 4.87. The minimum absolute atomic E-state index is 0.0198. The second kappa shape index (κ2) is 8.68. The van der Waals surface area contributed by atoms with Crippen LogP contribution < -0.4 is 14.8 Å². The summed E-state index contributed by atoms with van der Waals surface area (Å²) in [4.78, 5) is 12.0. The van der Waals surface area contributed by atoms with E-state index in [2.05, 4.69) is 10.0 Å². The van der Waals surface area contributed by atoms with E-state index in [-0.39, 0.29) is 22.0 Å². The molecule has 30 heavy (non-hydrogen) atoms. The molecule has 0 aliphatic carbocycles. The highest BCUT2D eigenvalue weighted by Crippen LogP contribution is 2.29. The van der Waals surface area contributed by atoms with Crippen LogP contribution in [0.3, 0.4) is 0 Å². The first-order valence-electron chi connectivity index (χ1n) is 8.42. The van der Waals surface area contributed by atoms with Gasteiger partial charge in [-0.2, -0.15) is 0 Å². The molecule has 0 radical (unpaired) electrons. The van der Waals surface area contributed by atoms with Crippen LogP contribution in [0.2, 0.25) is 5.02 Å². The number of methoxy groups -OCH3 is 1. The van der Waals surface area contributed by atoms with Gasteiger partial charge in [-0.05, 0) is 60.7 Å². The number of benzene rings is 3. The number of hydrogen-bond donors (Lipinski definition) is 2. The number of halogens is 3. The van der Waals surface area contributed by atoms with Crippen molar-refractivity contribution in [2.45, 2.75) is 4.90 Å². The maximum Gasteiger partial charge on any atom is 0.265 e. The lowest BCUT2D eigenvalue weighted by molar-refractivity contribution is 0.102. The van der Waals surface area contributed by atoms with Crippen LogP contribution in [0.1, 0.15) is 10.4 Å². The monoisotopic (exact) mass is 452 g/mol. The summed E-state index contributed by atoms with van der Waals surface area (Å²) in [5.74, 6) is -2.62. The van der Waals surface area contributed by atoms with E-state index in [0.717, 1.165) is 24.3 Å². The Balaban J connectivity index is 1.92. The number of carbonyl (C=O) groups excluding carboxylic acids is 1. The van der Waals surface area contributed by atoms with E-state index in [1.807, 2.05) is 0 Å². The zero-order valence-corrected chi connectivity index (χ0v) is 17.0. The summed E-state index contributed by atoms with van der Waals surface area (Å²) in [7, 11) is -2.82. The van der Waals surface area contributed by atoms with Crippen molar-refractivity contribution in [1.29, 1.82) is 0 Å². The molecule has 0 aliphatic heterocycles. The summed E-state index contributed by atoms with van der Waals surface area (Å²) in [5, 5.41) is 2.79. The highest BCUT2D eigenvalue weighted by atomic mass is 35.5. The number of ether oxygens (including phenoxy) is 1. The van der Waals surface area contributed by atoms with Crippen LogP contribution in [-0.2, 0) is 10.0 Å². The van der Waals surface area contributed by atoms with Gasteiger partial charge in [0, 0.05) is 16.4 Å². The first kappa shape index (κ1) is 21.5. The molecule has 0 saturated carbocycles. The molecular formula is C20H15ClF2N2O4S. The van der Waals surface area contributed by atoms with Crippen LogP contribution in [0.25, 0.3) is 0 Å². The average molecular weight is 453 g/mol. The lowest BCUT2D eigenvalue weighted by Gasteiger charge is -2.14. The van der Waals surface area contributed by atoms with E-state index < -0.39 is 33.1 Å². The Bertz CT molecular complexity index is 1200. The van der Waals surface area contributed by atoms with Crippen molar-refractivity contribution in [2.75, 3.05) is 17.1 Å². The Hall–Kier alpha value is -3.17. The third-order valence-electron chi connectivity index (χ3n) is 3.98. The smallest absolute Gasteiger partial charge is 0.265 e. The molecule has 3 aromatic rings. The van der Waals surface area contributed by atoms with Crippen LogP contribution in [0.5, 0.6) is 5.75 Å². The fourth-order valence-corrected chi connectivity index (χ4v) is 3.94. The molecule has 0 fully saturated rings. The fraction of sp³-hybridized carbons (Fsp3) is 0.0500. The van der Waals surface area contributed by atoms with Gasteiger partial charge in [-0.1, -0.05) is 11.6 Å².